The molecule has 0 atom stereocenters. The number of rotatable bonds is 10. The molecule has 0 saturated heterocycles. The molecule has 3 rings (SSSR count). The Bertz CT molecular complexity index is 821. The van der Waals surface area contributed by atoms with Crippen molar-refractivity contribution in [2.24, 2.45) is 0 Å². The highest BCUT2D eigenvalue weighted by atomic mass is 16.5. The zero-order valence-corrected chi connectivity index (χ0v) is 17.0. The zero-order valence-electron chi connectivity index (χ0n) is 17.0. The minimum absolute atomic E-state index is 0.0727. The largest absolute Gasteiger partial charge is 0.494 e. The molecule has 1 N–H and O–H groups in total. The molecule has 0 aromatic heterocycles. The highest BCUT2D eigenvalue weighted by molar-refractivity contribution is 5.77. The van der Waals surface area contributed by atoms with Crippen LogP contribution in [0, 0.1) is 0 Å². The second-order valence-electron chi connectivity index (χ2n) is 7.11. The molecule has 0 aliphatic carbocycles. The van der Waals surface area contributed by atoms with Gasteiger partial charge in [-0.3, -0.25) is 4.79 Å². The Hall–Kier alpha value is -3.07. The van der Waals surface area contributed by atoms with Gasteiger partial charge in [-0.1, -0.05) is 72.8 Å². The summed E-state index contributed by atoms with van der Waals surface area (Å²) in [4.78, 5) is 12.6. The molecule has 3 aromatic rings. The van der Waals surface area contributed by atoms with E-state index in [0.29, 0.717) is 19.6 Å². The minimum Gasteiger partial charge on any atom is -0.494 e. The van der Waals surface area contributed by atoms with Crippen molar-refractivity contribution in [2.75, 3.05) is 13.2 Å². The van der Waals surface area contributed by atoms with Gasteiger partial charge in [-0.2, -0.15) is 0 Å². The van der Waals surface area contributed by atoms with Crippen LogP contribution >= 0.6 is 0 Å². The summed E-state index contributed by atoms with van der Waals surface area (Å²) in [5.74, 6) is 1.07. The summed E-state index contributed by atoms with van der Waals surface area (Å²) in [7, 11) is 0. The molecule has 0 radical (unpaired) electrons. The SMILES string of the molecule is CCOc1ccc(CCCNC(=O)CC(c2ccccc2)c2ccccc2)cc1. The minimum atomic E-state index is 0.0727. The zero-order chi connectivity index (χ0) is 20.3. The Balaban J connectivity index is 1.50. The molecular weight excluding hydrogens is 358 g/mol. The van der Waals surface area contributed by atoms with E-state index in [-0.39, 0.29) is 11.8 Å². The van der Waals surface area contributed by atoms with Crippen LogP contribution in [0.4, 0.5) is 0 Å². The molecular formula is C26H29NO2. The van der Waals surface area contributed by atoms with E-state index in [1.807, 2.05) is 55.5 Å². The molecule has 1 amide bonds. The van der Waals surface area contributed by atoms with E-state index < -0.39 is 0 Å². The Morgan fingerprint density at radius 3 is 2.00 bits per heavy atom. The van der Waals surface area contributed by atoms with E-state index in [1.165, 1.54) is 16.7 Å². The van der Waals surface area contributed by atoms with E-state index in [1.54, 1.807) is 0 Å². The van der Waals surface area contributed by atoms with Gasteiger partial charge in [0, 0.05) is 18.9 Å². The van der Waals surface area contributed by atoms with Crippen LogP contribution < -0.4 is 10.1 Å². The monoisotopic (exact) mass is 387 g/mol. The van der Waals surface area contributed by atoms with Gasteiger partial charge in [0.05, 0.1) is 6.61 Å². The van der Waals surface area contributed by atoms with E-state index in [2.05, 4.69) is 41.7 Å². The Labute approximate surface area is 173 Å². The fraction of sp³-hybridized carbons (Fsp3) is 0.269. The smallest absolute Gasteiger partial charge is 0.220 e. The summed E-state index contributed by atoms with van der Waals surface area (Å²) in [5, 5.41) is 3.09. The molecule has 3 heteroatoms. The first kappa shape index (κ1) is 20.7. The first-order chi connectivity index (χ1) is 14.3. The Morgan fingerprint density at radius 1 is 0.862 bits per heavy atom. The van der Waals surface area contributed by atoms with Crippen LogP contribution in [-0.4, -0.2) is 19.1 Å². The number of amides is 1. The van der Waals surface area contributed by atoms with Gasteiger partial charge in [0.15, 0.2) is 0 Å². The van der Waals surface area contributed by atoms with Gasteiger partial charge in [0.1, 0.15) is 5.75 Å². The Kier molecular flexibility index (Phi) is 7.88. The van der Waals surface area contributed by atoms with Crippen molar-refractivity contribution in [2.45, 2.75) is 32.1 Å². The topological polar surface area (TPSA) is 38.3 Å². The van der Waals surface area contributed by atoms with Gasteiger partial charge in [0.25, 0.3) is 0 Å². The van der Waals surface area contributed by atoms with Gasteiger partial charge >= 0.3 is 0 Å². The lowest BCUT2D eigenvalue weighted by Gasteiger charge is -2.18. The molecule has 0 saturated carbocycles. The first-order valence-electron chi connectivity index (χ1n) is 10.3. The number of aryl methyl sites for hydroxylation is 1. The predicted octanol–water partition coefficient (Wildman–Crippen LogP) is 5.36. The third-order valence-electron chi connectivity index (χ3n) is 4.99. The second kappa shape index (κ2) is 11.1. The summed E-state index contributed by atoms with van der Waals surface area (Å²) < 4.78 is 5.47. The van der Waals surface area contributed by atoms with Gasteiger partial charge in [0.2, 0.25) is 5.91 Å². The van der Waals surface area contributed by atoms with E-state index >= 15 is 0 Å². The second-order valence-corrected chi connectivity index (χ2v) is 7.11. The van der Waals surface area contributed by atoms with Crippen LogP contribution in [0.25, 0.3) is 0 Å². The van der Waals surface area contributed by atoms with Crippen molar-refractivity contribution in [3.8, 4) is 5.75 Å². The van der Waals surface area contributed by atoms with Gasteiger partial charge in [-0.25, -0.2) is 0 Å². The third kappa shape index (κ3) is 6.49. The van der Waals surface area contributed by atoms with Crippen molar-refractivity contribution in [1.29, 1.82) is 0 Å². The number of ether oxygens (including phenoxy) is 1. The van der Waals surface area contributed by atoms with Crippen LogP contribution in [0.15, 0.2) is 84.9 Å². The highest BCUT2D eigenvalue weighted by Crippen LogP contribution is 2.27. The molecule has 29 heavy (non-hydrogen) atoms. The van der Waals surface area contributed by atoms with Gasteiger partial charge in [-0.15, -0.1) is 0 Å². The molecule has 0 unspecified atom stereocenters. The maximum absolute atomic E-state index is 12.6. The Morgan fingerprint density at radius 2 is 1.45 bits per heavy atom. The molecule has 150 valence electrons. The lowest BCUT2D eigenvalue weighted by Crippen LogP contribution is -2.26. The van der Waals surface area contributed by atoms with Gasteiger partial charge < -0.3 is 10.1 Å². The standard InChI is InChI=1S/C26H29NO2/c1-2-29-24-17-15-21(16-18-24)10-9-19-27-26(28)20-25(22-11-5-3-6-12-22)23-13-7-4-8-14-23/h3-8,11-18,25H,2,9-10,19-20H2,1H3,(H,27,28). The average Bonchev–Trinajstić information content (AvgIpc) is 2.77. The summed E-state index contributed by atoms with van der Waals surface area (Å²) >= 11 is 0. The third-order valence-corrected chi connectivity index (χ3v) is 4.99. The molecule has 3 aromatic carbocycles. The molecule has 0 heterocycles. The highest BCUT2D eigenvalue weighted by Gasteiger charge is 2.17. The van der Waals surface area contributed by atoms with Crippen molar-refractivity contribution >= 4 is 5.91 Å². The van der Waals surface area contributed by atoms with Crippen molar-refractivity contribution in [3.63, 3.8) is 0 Å². The normalized spacial score (nSPS) is 10.7. The average molecular weight is 388 g/mol. The number of carbonyl (C=O) groups excluding carboxylic acids is 1. The van der Waals surface area contributed by atoms with E-state index in [4.69, 9.17) is 4.74 Å². The molecule has 0 aliphatic heterocycles. The number of nitrogens with one attached hydrogen (secondary N) is 1. The number of benzene rings is 3. The van der Waals surface area contributed by atoms with Crippen LogP contribution in [0.5, 0.6) is 5.75 Å². The quantitative estimate of drug-likeness (QED) is 0.476. The van der Waals surface area contributed by atoms with Crippen LogP contribution in [0.3, 0.4) is 0 Å². The number of carbonyl (C=O) groups is 1. The summed E-state index contributed by atoms with van der Waals surface area (Å²) in [6, 6.07) is 28.7. The van der Waals surface area contributed by atoms with Crippen LogP contribution in [-0.2, 0) is 11.2 Å². The number of hydrogen-bond acceptors (Lipinski definition) is 2. The molecule has 0 spiro atoms. The molecule has 0 fully saturated rings. The molecule has 3 nitrogen and oxygen atoms in total. The fourth-order valence-corrected chi connectivity index (χ4v) is 3.50. The summed E-state index contributed by atoms with van der Waals surface area (Å²) in [6.45, 7) is 3.34. The number of hydrogen-bond donors (Lipinski definition) is 1. The lowest BCUT2D eigenvalue weighted by atomic mass is 9.88. The fourth-order valence-electron chi connectivity index (χ4n) is 3.50. The van der Waals surface area contributed by atoms with Crippen LogP contribution in [0.2, 0.25) is 0 Å². The summed E-state index contributed by atoms with van der Waals surface area (Å²) in [5.41, 5.74) is 3.60. The van der Waals surface area contributed by atoms with Gasteiger partial charge in [-0.05, 0) is 48.6 Å². The first-order valence-corrected chi connectivity index (χ1v) is 10.3. The van der Waals surface area contributed by atoms with Crippen molar-refractivity contribution < 1.29 is 9.53 Å². The lowest BCUT2D eigenvalue weighted by molar-refractivity contribution is -0.121. The predicted molar refractivity (Wildman–Crippen MR) is 118 cm³/mol. The van der Waals surface area contributed by atoms with Crippen molar-refractivity contribution in [3.05, 3.63) is 102 Å². The molecule has 0 aliphatic rings. The van der Waals surface area contributed by atoms with Crippen molar-refractivity contribution in [1.82, 2.24) is 5.32 Å². The van der Waals surface area contributed by atoms with E-state index in [0.717, 1.165) is 18.6 Å². The van der Waals surface area contributed by atoms with Crippen LogP contribution in [0.1, 0.15) is 42.4 Å². The maximum Gasteiger partial charge on any atom is 0.220 e. The molecule has 0 bridgehead atoms. The maximum atomic E-state index is 12.6. The summed E-state index contributed by atoms with van der Waals surface area (Å²) in [6.07, 6.45) is 2.31. The van der Waals surface area contributed by atoms with E-state index in [9.17, 15) is 4.79 Å².